The van der Waals surface area contributed by atoms with Gasteiger partial charge in [-0.15, -0.1) is 6.42 Å². The zero-order chi connectivity index (χ0) is 34.1. The maximum Gasteiger partial charge on any atom is 0.240 e. The summed E-state index contributed by atoms with van der Waals surface area (Å²) in [7, 11) is 0. The van der Waals surface area contributed by atoms with Crippen molar-refractivity contribution >= 4 is 11.8 Å². The molecule has 0 radical (unpaired) electrons. The predicted molar refractivity (Wildman–Crippen MR) is 188 cm³/mol. The zero-order valence-corrected chi connectivity index (χ0v) is 28.2. The Morgan fingerprint density at radius 3 is 2.38 bits per heavy atom. The summed E-state index contributed by atoms with van der Waals surface area (Å²) in [6, 6.07) is 13.0. The van der Waals surface area contributed by atoms with Gasteiger partial charge in [0.25, 0.3) is 0 Å². The van der Waals surface area contributed by atoms with Crippen LogP contribution in [0.2, 0.25) is 0 Å². The van der Waals surface area contributed by atoms with E-state index in [1.165, 1.54) is 5.56 Å². The lowest BCUT2D eigenvalue weighted by atomic mass is 9.95. The number of hydrogen-bond donors (Lipinski definition) is 5. The van der Waals surface area contributed by atoms with Crippen LogP contribution in [-0.4, -0.2) is 55.3 Å². The van der Waals surface area contributed by atoms with Crippen molar-refractivity contribution in [2.45, 2.75) is 84.0 Å². The van der Waals surface area contributed by atoms with Crippen molar-refractivity contribution in [2.75, 3.05) is 6.54 Å². The van der Waals surface area contributed by atoms with Gasteiger partial charge in [-0.25, -0.2) is 9.97 Å². The van der Waals surface area contributed by atoms with E-state index in [2.05, 4.69) is 56.5 Å². The molecule has 1 saturated heterocycles. The molecule has 3 heterocycles. The Bertz CT molecular complexity index is 1830. The number of benzene rings is 2. The minimum absolute atomic E-state index is 0.00922. The summed E-state index contributed by atoms with van der Waals surface area (Å²) < 4.78 is 0. The molecule has 250 valence electrons. The Kier molecular flexibility index (Phi) is 9.54. The molecule has 1 aliphatic carbocycles. The standard InChI is InChI=1S/C38H46N8O2/c1-6-28(44-37(47)32(39)21(2)3)35-41-20-30(43-35)24-14-12-23(13-15-24)25-16-17-27-26(19-25)9-7-10-29-34(27)45-36(42-29)31-11-8-18-46(31)38(48)33(40)22(4)5/h1,12-17,19-22,28,31-33H,7-11,18,39-40H2,2-5H3,(H,41,43)(H,42,45)(H,44,47)/t28-,31-,32-,33-/m0/s1. The molecule has 7 N–H and O–H groups in total. The van der Waals surface area contributed by atoms with Gasteiger partial charge in [0.1, 0.15) is 17.7 Å². The second-order valence-electron chi connectivity index (χ2n) is 13.8. The van der Waals surface area contributed by atoms with Crippen LogP contribution in [0.3, 0.4) is 0 Å². The van der Waals surface area contributed by atoms with Crippen LogP contribution in [0.25, 0.3) is 33.6 Å². The number of amides is 2. The molecule has 10 nitrogen and oxygen atoms in total. The lowest BCUT2D eigenvalue weighted by molar-refractivity contribution is -0.134. The number of nitrogens with two attached hydrogens (primary N) is 2. The first-order valence-electron chi connectivity index (χ1n) is 17.0. The Morgan fingerprint density at radius 2 is 1.67 bits per heavy atom. The maximum absolute atomic E-state index is 13.2. The number of aryl methyl sites for hydroxylation is 2. The van der Waals surface area contributed by atoms with Crippen LogP contribution in [0.15, 0.2) is 48.7 Å². The van der Waals surface area contributed by atoms with E-state index < -0.39 is 18.1 Å². The Labute approximate surface area is 282 Å². The Hall–Kier alpha value is -4.72. The van der Waals surface area contributed by atoms with E-state index in [-0.39, 0.29) is 29.7 Å². The molecule has 10 heteroatoms. The van der Waals surface area contributed by atoms with E-state index in [1.54, 1.807) is 6.20 Å². The second-order valence-corrected chi connectivity index (χ2v) is 13.8. The molecule has 0 bridgehead atoms. The topological polar surface area (TPSA) is 159 Å². The number of likely N-dealkylation sites (tertiary alicyclic amines) is 1. The smallest absolute Gasteiger partial charge is 0.240 e. The molecule has 6 rings (SSSR count). The van der Waals surface area contributed by atoms with Crippen LogP contribution in [0.4, 0.5) is 0 Å². The number of nitrogens with one attached hydrogen (secondary N) is 3. The van der Waals surface area contributed by atoms with Gasteiger partial charge in [0.05, 0.1) is 35.7 Å². The summed E-state index contributed by atoms with van der Waals surface area (Å²) in [5, 5.41) is 2.80. The summed E-state index contributed by atoms with van der Waals surface area (Å²) in [5.74, 6) is 3.73. The van der Waals surface area contributed by atoms with Crippen LogP contribution in [-0.2, 0) is 22.4 Å². The number of hydrogen-bond acceptors (Lipinski definition) is 6. The third kappa shape index (κ3) is 6.53. The fourth-order valence-electron chi connectivity index (χ4n) is 6.65. The molecule has 48 heavy (non-hydrogen) atoms. The number of carbonyl (C=O) groups is 2. The number of rotatable bonds is 9. The van der Waals surface area contributed by atoms with Crippen molar-refractivity contribution < 1.29 is 9.59 Å². The first kappa shape index (κ1) is 33.2. The number of fused-ring (bicyclic) bond motifs is 3. The van der Waals surface area contributed by atoms with E-state index >= 15 is 0 Å². The van der Waals surface area contributed by atoms with Gasteiger partial charge < -0.3 is 31.7 Å². The zero-order valence-electron chi connectivity index (χ0n) is 28.2. The third-order valence-corrected chi connectivity index (χ3v) is 9.76. The third-order valence-electron chi connectivity index (χ3n) is 9.76. The first-order valence-corrected chi connectivity index (χ1v) is 17.0. The van der Waals surface area contributed by atoms with Crippen molar-refractivity contribution in [1.29, 1.82) is 0 Å². The molecule has 2 amide bonds. The minimum Gasteiger partial charge on any atom is -0.344 e. The van der Waals surface area contributed by atoms with E-state index in [0.29, 0.717) is 12.4 Å². The SMILES string of the molecule is C#C[C@H](NC(=O)[C@@H](N)C(C)C)c1ncc(-c2ccc(-c3ccc4c(c3)CCCc3[nH]c([C@@H]5CCCN5C(=O)[C@@H](N)C(C)C)nc3-4)cc2)[nH]1. The average Bonchev–Trinajstić information content (AvgIpc) is 3.85. The molecule has 0 spiro atoms. The van der Waals surface area contributed by atoms with Gasteiger partial charge in [0, 0.05) is 17.8 Å². The van der Waals surface area contributed by atoms with Gasteiger partial charge >= 0.3 is 0 Å². The predicted octanol–water partition coefficient (Wildman–Crippen LogP) is 5.04. The van der Waals surface area contributed by atoms with Crippen LogP contribution in [0.1, 0.15) is 81.9 Å². The average molecular weight is 647 g/mol. The highest BCUT2D eigenvalue weighted by atomic mass is 16.2. The van der Waals surface area contributed by atoms with Gasteiger partial charge in [0.15, 0.2) is 0 Å². The van der Waals surface area contributed by atoms with E-state index in [9.17, 15) is 9.59 Å². The summed E-state index contributed by atoms with van der Waals surface area (Å²) in [5.41, 5.74) is 20.8. The highest BCUT2D eigenvalue weighted by Gasteiger charge is 2.36. The van der Waals surface area contributed by atoms with Crippen molar-refractivity contribution in [1.82, 2.24) is 30.2 Å². The fraction of sp³-hybridized carbons (Fsp3) is 0.421. The summed E-state index contributed by atoms with van der Waals surface area (Å²) in [4.78, 5) is 44.0. The molecule has 0 saturated carbocycles. The summed E-state index contributed by atoms with van der Waals surface area (Å²) in [6.07, 6.45) is 12.2. The minimum atomic E-state index is -0.705. The summed E-state index contributed by atoms with van der Waals surface area (Å²) >= 11 is 0. The molecule has 1 aliphatic heterocycles. The van der Waals surface area contributed by atoms with Crippen molar-refractivity contribution in [3.8, 4) is 46.0 Å². The first-order chi connectivity index (χ1) is 23.0. The Balaban J connectivity index is 1.19. The van der Waals surface area contributed by atoms with E-state index in [0.717, 1.165) is 77.3 Å². The van der Waals surface area contributed by atoms with E-state index in [4.69, 9.17) is 22.9 Å². The van der Waals surface area contributed by atoms with Gasteiger partial charge in [-0.3, -0.25) is 9.59 Å². The quantitative estimate of drug-likeness (QED) is 0.160. The molecule has 2 aliphatic rings. The molecule has 4 atom stereocenters. The molecule has 0 unspecified atom stereocenters. The summed E-state index contributed by atoms with van der Waals surface area (Å²) in [6.45, 7) is 8.47. The molecule has 1 fully saturated rings. The van der Waals surface area contributed by atoms with Gasteiger partial charge in [-0.05, 0) is 66.2 Å². The van der Waals surface area contributed by atoms with Crippen LogP contribution < -0.4 is 16.8 Å². The molecular weight excluding hydrogens is 600 g/mol. The molecule has 2 aromatic heterocycles. The normalized spacial score (nSPS) is 17.7. The number of terminal acetylenes is 1. The maximum atomic E-state index is 13.2. The number of aromatic nitrogens is 4. The number of aromatic amines is 2. The second kappa shape index (κ2) is 13.8. The molecule has 4 aromatic rings. The van der Waals surface area contributed by atoms with Crippen LogP contribution >= 0.6 is 0 Å². The van der Waals surface area contributed by atoms with Crippen LogP contribution in [0, 0.1) is 24.2 Å². The van der Waals surface area contributed by atoms with Crippen LogP contribution in [0.5, 0.6) is 0 Å². The van der Waals surface area contributed by atoms with Gasteiger partial charge in [-0.2, -0.15) is 0 Å². The lowest BCUT2D eigenvalue weighted by Crippen LogP contribution is -2.46. The Morgan fingerprint density at radius 1 is 0.958 bits per heavy atom. The number of H-pyrrole nitrogens is 2. The highest BCUT2D eigenvalue weighted by Crippen LogP contribution is 2.38. The number of nitrogens with zero attached hydrogens (tertiary/aromatic N) is 3. The fourth-order valence-corrected chi connectivity index (χ4v) is 6.65. The largest absolute Gasteiger partial charge is 0.344 e. The van der Waals surface area contributed by atoms with Crippen molar-refractivity contribution in [2.24, 2.45) is 23.3 Å². The van der Waals surface area contributed by atoms with E-state index in [1.807, 2.05) is 44.7 Å². The monoisotopic (exact) mass is 646 g/mol. The number of carbonyl (C=O) groups excluding carboxylic acids is 2. The lowest BCUT2D eigenvalue weighted by Gasteiger charge is -2.27. The van der Waals surface area contributed by atoms with Crippen molar-refractivity contribution in [3.05, 3.63) is 71.6 Å². The molecule has 2 aromatic carbocycles. The van der Waals surface area contributed by atoms with Gasteiger partial charge in [0.2, 0.25) is 11.8 Å². The molecular formula is C38H46N8O2. The number of imidazole rings is 2. The van der Waals surface area contributed by atoms with Crippen molar-refractivity contribution in [3.63, 3.8) is 0 Å². The highest BCUT2D eigenvalue weighted by molar-refractivity contribution is 5.83. The van der Waals surface area contributed by atoms with Gasteiger partial charge in [-0.1, -0.05) is 76.1 Å².